The third kappa shape index (κ3) is 6.59. The fraction of sp³-hybridized carbons (Fsp3) is 0.211. The monoisotopic (exact) mass is 368 g/mol. The van der Waals surface area contributed by atoms with Crippen LogP contribution in [0.2, 0.25) is 0 Å². The molecule has 0 saturated heterocycles. The Labute approximate surface area is 156 Å². The zero-order valence-electron chi connectivity index (χ0n) is 15.2. The van der Waals surface area contributed by atoms with Crippen molar-refractivity contribution in [2.24, 2.45) is 5.73 Å². The third-order valence-electron chi connectivity index (χ3n) is 2.95. The zero-order chi connectivity index (χ0) is 20.0. The molecule has 2 rings (SSSR count). The van der Waals surface area contributed by atoms with Gasteiger partial charge < -0.3 is 20.9 Å². The third-order valence-corrected chi connectivity index (χ3v) is 2.95. The van der Waals surface area contributed by atoms with Gasteiger partial charge in [-0.25, -0.2) is 9.59 Å². The second-order valence-electron chi connectivity index (χ2n) is 6.51. The molecule has 0 unspecified atom stereocenters. The lowest BCUT2D eigenvalue weighted by Gasteiger charge is -2.20. The number of hydrogen-bond donors (Lipinski definition) is 3. The Hall–Kier alpha value is -3.73. The van der Waals surface area contributed by atoms with E-state index in [1.165, 1.54) is 18.5 Å². The van der Waals surface area contributed by atoms with Crippen molar-refractivity contribution in [3.05, 3.63) is 47.8 Å². The average molecular weight is 368 g/mol. The summed E-state index contributed by atoms with van der Waals surface area (Å²) in [6, 6.07) is 6.41. The number of benzene rings is 1. The maximum Gasteiger partial charge on any atom is 0.412 e. The summed E-state index contributed by atoms with van der Waals surface area (Å²) in [7, 11) is 0. The van der Waals surface area contributed by atoms with Gasteiger partial charge in [0.1, 0.15) is 5.60 Å². The van der Waals surface area contributed by atoms with E-state index < -0.39 is 17.8 Å². The van der Waals surface area contributed by atoms with E-state index in [1.54, 1.807) is 39.0 Å². The maximum absolute atomic E-state index is 12.0. The molecule has 27 heavy (non-hydrogen) atoms. The molecule has 0 spiro atoms. The molecular weight excluding hydrogens is 348 g/mol. The van der Waals surface area contributed by atoms with E-state index in [0.29, 0.717) is 22.5 Å². The number of aromatic nitrogens is 1. The Kier molecular flexibility index (Phi) is 5.88. The number of nitrogens with two attached hydrogens (primary N) is 2. The van der Waals surface area contributed by atoms with E-state index >= 15 is 0 Å². The Bertz CT molecular complexity index is 923. The van der Waals surface area contributed by atoms with Crippen LogP contribution in [0, 0.1) is 11.8 Å². The minimum atomic E-state index is -0.943. The van der Waals surface area contributed by atoms with Crippen molar-refractivity contribution >= 4 is 23.6 Å². The minimum absolute atomic E-state index is 0.175. The largest absolute Gasteiger partial charge is 0.444 e. The first-order chi connectivity index (χ1) is 12.6. The highest BCUT2D eigenvalue weighted by Gasteiger charge is 2.17. The Balaban J connectivity index is 2.27. The van der Waals surface area contributed by atoms with Crippen molar-refractivity contribution in [2.75, 3.05) is 11.1 Å². The zero-order valence-corrected chi connectivity index (χ0v) is 15.2. The van der Waals surface area contributed by atoms with Gasteiger partial charge >= 0.3 is 12.2 Å². The number of nitrogen functional groups attached to an aromatic ring is 1. The van der Waals surface area contributed by atoms with E-state index in [1.807, 2.05) is 0 Å². The van der Waals surface area contributed by atoms with E-state index in [4.69, 9.17) is 20.9 Å². The van der Waals surface area contributed by atoms with Gasteiger partial charge in [-0.1, -0.05) is 11.8 Å². The van der Waals surface area contributed by atoms with Crippen LogP contribution in [0.25, 0.3) is 0 Å². The standard InChI is InChI=1S/C19H20N4O4/c1-19(2,3)27-18(25)23-16-7-6-14(20)9-13(16)5-4-12-8-15(11-22-10-12)26-17(21)24/h6-11H,20H2,1-3H3,(H2,21,24)(H,23,25). The van der Waals surface area contributed by atoms with Gasteiger partial charge in [0.05, 0.1) is 17.4 Å². The van der Waals surface area contributed by atoms with Crippen molar-refractivity contribution in [2.45, 2.75) is 26.4 Å². The van der Waals surface area contributed by atoms with Gasteiger partial charge in [0.15, 0.2) is 5.75 Å². The number of nitrogens with zero attached hydrogens (tertiary/aromatic N) is 1. The van der Waals surface area contributed by atoms with Gasteiger partial charge in [0.25, 0.3) is 0 Å². The molecule has 1 aromatic heterocycles. The molecule has 2 amide bonds. The van der Waals surface area contributed by atoms with Crippen LogP contribution in [0.5, 0.6) is 5.75 Å². The summed E-state index contributed by atoms with van der Waals surface area (Å²) in [5.74, 6) is 5.95. The molecule has 0 radical (unpaired) electrons. The van der Waals surface area contributed by atoms with Crippen LogP contribution in [0.4, 0.5) is 21.0 Å². The Morgan fingerprint density at radius 3 is 2.56 bits per heavy atom. The second kappa shape index (κ2) is 8.10. The molecule has 0 bridgehead atoms. The lowest BCUT2D eigenvalue weighted by atomic mass is 10.1. The summed E-state index contributed by atoms with van der Waals surface area (Å²) in [6.45, 7) is 5.30. The summed E-state index contributed by atoms with van der Waals surface area (Å²) in [5, 5.41) is 2.65. The number of amides is 2. The fourth-order valence-electron chi connectivity index (χ4n) is 1.99. The van der Waals surface area contributed by atoms with Crippen LogP contribution in [-0.4, -0.2) is 22.8 Å². The highest BCUT2D eigenvalue weighted by Crippen LogP contribution is 2.20. The number of carbonyl (C=O) groups is 2. The maximum atomic E-state index is 12.0. The van der Waals surface area contributed by atoms with Crippen molar-refractivity contribution < 1.29 is 19.1 Å². The van der Waals surface area contributed by atoms with Crippen LogP contribution in [0.15, 0.2) is 36.7 Å². The smallest absolute Gasteiger partial charge is 0.412 e. The first-order valence-corrected chi connectivity index (χ1v) is 7.96. The molecule has 140 valence electrons. The van der Waals surface area contributed by atoms with E-state index in [9.17, 15) is 9.59 Å². The first kappa shape index (κ1) is 19.6. The molecule has 2 aromatic rings. The predicted molar refractivity (Wildman–Crippen MR) is 101 cm³/mol. The van der Waals surface area contributed by atoms with E-state index in [0.717, 1.165) is 0 Å². The molecule has 0 aliphatic heterocycles. The number of primary amides is 1. The number of ether oxygens (including phenoxy) is 2. The van der Waals surface area contributed by atoms with Crippen molar-refractivity contribution in [1.29, 1.82) is 0 Å². The molecule has 1 heterocycles. The number of pyridine rings is 1. The predicted octanol–water partition coefficient (Wildman–Crippen LogP) is 2.87. The molecule has 0 atom stereocenters. The number of nitrogens with one attached hydrogen (secondary N) is 1. The molecule has 0 aliphatic rings. The minimum Gasteiger partial charge on any atom is -0.444 e. The molecule has 1 aromatic carbocycles. The second-order valence-corrected chi connectivity index (χ2v) is 6.51. The Morgan fingerprint density at radius 1 is 1.15 bits per heavy atom. The molecule has 0 saturated carbocycles. The fourth-order valence-corrected chi connectivity index (χ4v) is 1.99. The summed E-state index contributed by atoms with van der Waals surface area (Å²) >= 11 is 0. The topological polar surface area (TPSA) is 130 Å². The molecular formula is C19H20N4O4. The van der Waals surface area contributed by atoms with Crippen molar-refractivity contribution in [1.82, 2.24) is 4.98 Å². The lowest BCUT2D eigenvalue weighted by Crippen LogP contribution is -2.27. The number of rotatable bonds is 2. The van der Waals surface area contributed by atoms with Gasteiger partial charge in [-0.15, -0.1) is 0 Å². The quantitative estimate of drug-likeness (QED) is 0.552. The SMILES string of the molecule is CC(C)(C)OC(=O)Nc1ccc(N)cc1C#Cc1cncc(OC(N)=O)c1. The molecule has 8 nitrogen and oxygen atoms in total. The van der Waals surface area contributed by atoms with Gasteiger partial charge in [0, 0.05) is 17.4 Å². The number of hydrogen-bond acceptors (Lipinski definition) is 6. The summed E-state index contributed by atoms with van der Waals surface area (Å²) in [6.07, 6.45) is 1.29. The van der Waals surface area contributed by atoms with Crippen LogP contribution < -0.4 is 21.5 Å². The number of carbonyl (C=O) groups excluding carboxylic acids is 2. The lowest BCUT2D eigenvalue weighted by molar-refractivity contribution is 0.0636. The highest BCUT2D eigenvalue weighted by atomic mass is 16.6. The normalized spacial score (nSPS) is 10.3. The molecule has 0 fully saturated rings. The summed E-state index contributed by atoms with van der Waals surface area (Å²) < 4.78 is 10.0. The van der Waals surface area contributed by atoms with Crippen molar-refractivity contribution in [3.63, 3.8) is 0 Å². The van der Waals surface area contributed by atoms with Gasteiger partial charge in [-0.05, 0) is 45.0 Å². The van der Waals surface area contributed by atoms with Crippen molar-refractivity contribution in [3.8, 4) is 17.6 Å². The average Bonchev–Trinajstić information content (AvgIpc) is 2.53. The van der Waals surface area contributed by atoms with Crippen LogP contribution in [-0.2, 0) is 4.74 Å². The van der Waals surface area contributed by atoms with E-state index in [2.05, 4.69) is 22.1 Å². The number of anilines is 2. The van der Waals surface area contributed by atoms with Gasteiger partial charge in [-0.2, -0.15) is 0 Å². The van der Waals surface area contributed by atoms with Crippen LogP contribution >= 0.6 is 0 Å². The summed E-state index contributed by atoms with van der Waals surface area (Å²) in [5.41, 5.74) is 12.1. The van der Waals surface area contributed by atoms with Crippen LogP contribution in [0.3, 0.4) is 0 Å². The first-order valence-electron chi connectivity index (χ1n) is 7.96. The van der Waals surface area contributed by atoms with Crippen LogP contribution in [0.1, 0.15) is 31.9 Å². The highest BCUT2D eigenvalue weighted by molar-refractivity contribution is 5.87. The molecule has 0 aliphatic carbocycles. The molecule has 8 heteroatoms. The molecule has 5 N–H and O–H groups in total. The Morgan fingerprint density at radius 2 is 1.89 bits per heavy atom. The summed E-state index contributed by atoms with van der Waals surface area (Å²) in [4.78, 5) is 26.7. The van der Waals surface area contributed by atoms with Gasteiger partial charge in [-0.3, -0.25) is 10.3 Å². The van der Waals surface area contributed by atoms with Gasteiger partial charge in [0.2, 0.25) is 0 Å². The van der Waals surface area contributed by atoms with E-state index in [-0.39, 0.29) is 5.75 Å².